The maximum atomic E-state index is 13.2. The van der Waals surface area contributed by atoms with Crippen LogP contribution in [0.15, 0.2) is 47.4 Å². The normalized spacial score (nSPS) is 25.6. The molecule has 0 amide bonds. The van der Waals surface area contributed by atoms with Crippen LogP contribution in [0.25, 0.3) is 0 Å². The minimum Gasteiger partial charge on any atom is -0.486 e. The lowest BCUT2D eigenvalue weighted by Crippen LogP contribution is -2.39. The van der Waals surface area contributed by atoms with E-state index in [1.807, 2.05) is 20.8 Å². The molecule has 2 aromatic rings. The number of carbonyl (C=O) groups is 1. The fraction of sp³-hybridized carbons (Fsp3) is 0.350. The molecule has 0 saturated carbocycles. The number of rotatable bonds is 3. The van der Waals surface area contributed by atoms with Gasteiger partial charge in [0.2, 0.25) is 10.0 Å². The van der Waals surface area contributed by atoms with Crippen molar-refractivity contribution >= 4 is 15.8 Å². The van der Waals surface area contributed by atoms with Crippen LogP contribution < -0.4 is 4.74 Å². The molecule has 136 valence electrons. The van der Waals surface area contributed by atoms with Gasteiger partial charge in [0.25, 0.3) is 0 Å². The maximum absolute atomic E-state index is 13.2. The average Bonchev–Trinajstić information content (AvgIpc) is 3.32. The van der Waals surface area contributed by atoms with Crippen molar-refractivity contribution in [2.45, 2.75) is 50.3 Å². The van der Waals surface area contributed by atoms with E-state index in [2.05, 4.69) is 0 Å². The predicted octanol–water partition coefficient (Wildman–Crippen LogP) is 3.48. The van der Waals surface area contributed by atoms with Gasteiger partial charge in [-0.25, -0.2) is 8.42 Å². The Hall–Kier alpha value is -2.18. The standard InChI is InChI=1S/C20H21NO4S/c1-12-5-8-15(9-6-12)26(23,24)21-18-16-11-14(13(2)22)7-10-17(16)25-20(3,4)19(18)21/h5-11,18-19H,1-4H3. The molecule has 3 unspecified atom stereocenters. The third-order valence-corrected chi connectivity index (χ3v) is 7.05. The van der Waals surface area contributed by atoms with Crippen molar-refractivity contribution < 1.29 is 17.9 Å². The van der Waals surface area contributed by atoms with Gasteiger partial charge in [0.05, 0.1) is 17.0 Å². The number of Topliss-reactive ketones (excluding diaryl/α,β-unsaturated/α-hetero) is 1. The molecular weight excluding hydrogens is 350 g/mol. The van der Waals surface area contributed by atoms with Crippen molar-refractivity contribution in [2.24, 2.45) is 0 Å². The monoisotopic (exact) mass is 371 g/mol. The molecule has 0 aliphatic carbocycles. The van der Waals surface area contributed by atoms with Crippen molar-refractivity contribution in [2.75, 3.05) is 0 Å². The Balaban J connectivity index is 1.80. The van der Waals surface area contributed by atoms with Crippen LogP contribution in [-0.4, -0.2) is 30.1 Å². The molecule has 6 heteroatoms. The third-order valence-electron chi connectivity index (χ3n) is 5.17. The van der Waals surface area contributed by atoms with E-state index in [0.717, 1.165) is 11.1 Å². The summed E-state index contributed by atoms with van der Waals surface area (Å²) >= 11 is 0. The van der Waals surface area contributed by atoms with E-state index in [9.17, 15) is 13.2 Å². The Morgan fingerprint density at radius 1 is 1.12 bits per heavy atom. The third kappa shape index (κ3) is 2.47. The van der Waals surface area contributed by atoms with Gasteiger partial charge >= 0.3 is 0 Å². The summed E-state index contributed by atoms with van der Waals surface area (Å²) < 4.78 is 34.0. The summed E-state index contributed by atoms with van der Waals surface area (Å²) in [7, 11) is -3.64. The molecule has 0 aromatic heterocycles. The van der Waals surface area contributed by atoms with Crippen LogP contribution in [0.1, 0.15) is 48.3 Å². The highest BCUT2D eigenvalue weighted by atomic mass is 32.2. The first-order chi connectivity index (χ1) is 12.1. The highest BCUT2D eigenvalue weighted by Gasteiger charge is 2.66. The van der Waals surface area contributed by atoms with Crippen LogP contribution in [0.3, 0.4) is 0 Å². The van der Waals surface area contributed by atoms with E-state index in [0.29, 0.717) is 11.3 Å². The molecule has 2 aliphatic heterocycles. The van der Waals surface area contributed by atoms with E-state index in [4.69, 9.17) is 4.74 Å². The van der Waals surface area contributed by atoms with Crippen LogP contribution in [-0.2, 0) is 10.0 Å². The zero-order chi connectivity index (χ0) is 18.9. The summed E-state index contributed by atoms with van der Waals surface area (Å²) in [6.45, 7) is 7.22. The topological polar surface area (TPSA) is 63.5 Å². The van der Waals surface area contributed by atoms with E-state index < -0.39 is 15.6 Å². The lowest BCUT2D eigenvalue weighted by atomic mass is 9.93. The average molecular weight is 371 g/mol. The molecule has 1 fully saturated rings. The summed E-state index contributed by atoms with van der Waals surface area (Å²) in [5, 5.41) is 0. The molecule has 2 aliphatic rings. The minimum atomic E-state index is -3.64. The molecule has 2 heterocycles. The number of sulfonamides is 1. The number of carbonyl (C=O) groups excluding carboxylic acids is 1. The SMILES string of the molecule is CC(=O)c1ccc2c(c1)C1C(N1S(=O)(=O)c1ccc(C)cc1)C(C)(C)O2. The van der Waals surface area contributed by atoms with Gasteiger partial charge in [-0.3, -0.25) is 4.79 Å². The molecule has 0 N–H and O–H groups in total. The predicted molar refractivity (Wildman–Crippen MR) is 97.9 cm³/mol. The van der Waals surface area contributed by atoms with Crippen molar-refractivity contribution in [1.29, 1.82) is 0 Å². The van der Waals surface area contributed by atoms with Crippen LogP contribution >= 0.6 is 0 Å². The first kappa shape index (κ1) is 17.2. The van der Waals surface area contributed by atoms with E-state index in [1.165, 1.54) is 11.2 Å². The van der Waals surface area contributed by atoms with Crippen LogP contribution in [0.4, 0.5) is 0 Å². The number of aryl methyl sites for hydroxylation is 1. The summed E-state index contributed by atoms with van der Waals surface area (Å²) in [5.41, 5.74) is 1.68. The van der Waals surface area contributed by atoms with Crippen LogP contribution in [0.2, 0.25) is 0 Å². The van der Waals surface area contributed by atoms with Crippen LogP contribution in [0, 0.1) is 6.92 Å². The summed E-state index contributed by atoms with van der Waals surface area (Å²) in [6.07, 6.45) is 0. The lowest BCUT2D eigenvalue weighted by Gasteiger charge is -2.30. The molecule has 1 saturated heterocycles. The van der Waals surface area contributed by atoms with Gasteiger partial charge in [-0.15, -0.1) is 0 Å². The second kappa shape index (κ2) is 5.41. The fourth-order valence-electron chi connectivity index (χ4n) is 3.77. The van der Waals surface area contributed by atoms with Gasteiger partial charge in [0.15, 0.2) is 5.78 Å². The number of hydrogen-bond acceptors (Lipinski definition) is 4. The Labute approximate surface area is 153 Å². The van der Waals surface area contributed by atoms with Crippen LogP contribution in [0.5, 0.6) is 5.75 Å². The zero-order valence-electron chi connectivity index (χ0n) is 15.2. The van der Waals surface area contributed by atoms with Gasteiger partial charge in [-0.1, -0.05) is 17.7 Å². The largest absolute Gasteiger partial charge is 0.486 e. The Morgan fingerprint density at radius 3 is 2.38 bits per heavy atom. The van der Waals surface area contributed by atoms with Crippen molar-refractivity contribution in [1.82, 2.24) is 4.31 Å². The molecule has 0 bridgehead atoms. The summed E-state index contributed by atoms with van der Waals surface area (Å²) in [6, 6.07) is 11.5. The molecule has 0 radical (unpaired) electrons. The van der Waals surface area contributed by atoms with Crippen molar-refractivity contribution in [3.05, 3.63) is 59.2 Å². The van der Waals surface area contributed by atoms with Gasteiger partial charge in [-0.2, -0.15) is 4.31 Å². The Morgan fingerprint density at radius 2 is 1.77 bits per heavy atom. The summed E-state index contributed by atoms with van der Waals surface area (Å²) in [5.74, 6) is 0.589. The first-order valence-electron chi connectivity index (χ1n) is 8.57. The Kier molecular flexibility index (Phi) is 3.59. The molecule has 4 rings (SSSR count). The molecule has 5 nitrogen and oxygen atoms in total. The smallest absolute Gasteiger partial charge is 0.244 e. The van der Waals surface area contributed by atoms with E-state index >= 15 is 0 Å². The number of ether oxygens (including phenoxy) is 1. The molecule has 0 spiro atoms. The van der Waals surface area contributed by atoms with Gasteiger partial charge in [0, 0.05) is 11.1 Å². The fourth-order valence-corrected chi connectivity index (χ4v) is 5.64. The number of nitrogens with zero attached hydrogens (tertiary/aromatic N) is 1. The van der Waals surface area contributed by atoms with Crippen molar-refractivity contribution in [3.8, 4) is 5.75 Å². The second-order valence-electron chi connectivity index (χ2n) is 7.55. The van der Waals surface area contributed by atoms with E-state index in [1.54, 1.807) is 42.5 Å². The molecule has 3 atom stereocenters. The van der Waals surface area contributed by atoms with Gasteiger partial charge in [-0.05, 0) is 58.0 Å². The zero-order valence-corrected chi connectivity index (χ0v) is 16.0. The van der Waals surface area contributed by atoms with Gasteiger partial charge < -0.3 is 4.74 Å². The number of benzene rings is 2. The number of hydrogen-bond donors (Lipinski definition) is 0. The quantitative estimate of drug-likeness (QED) is 0.612. The lowest BCUT2D eigenvalue weighted by molar-refractivity contribution is 0.0902. The Bertz CT molecular complexity index is 1010. The molecule has 26 heavy (non-hydrogen) atoms. The minimum absolute atomic E-state index is 0.0530. The highest BCUT2D eigenvalue weighted by Crippen LogP contribution is 2.58. The van der Waals surface area contributed by atoms with E-state index in [-0.39, 0.29) is 22.8 Å². The number of ketones is 1. The van der Waals surface area contributed by atoms with Crippen molar-refractivity contribution in [3.63, 3.8) is 0 Å². The maximum Gasteiger partial charge on any atom is 0.244 e. The second-order valence-corrected chi connectivity index (χ2v) is 9.40. The summed E-state index contributed by atoms with van der Waals surface area (Å²) in [4.78, 5) is 12.0. The van der Waals surface area contributed by atoms with Gasteiger partial charge in [0.1, 0.15) is 11.4 Å². The first-order valence-corrected chi connectivity index (χ1v) is 10.0. The highest BCUT2D eigenvalue weighted by molar-refractivity contribution is 7.89. The molecule has 2 aromatic carbocycles. The molecular formula is C20H21NO4S. The number of fused-ring (bicyclic) bond motifs is 3.